The lowest BCUT2D eigenvalue weighted by molar-refractivity contribution is 0.200. The maximum Gasteiger partial charge on any atom is 0.123 e. The lowest BCUT2D eigenvalue weighted by Gasteiger charge is -2.32. The van der Waals surface area contributed by atoms with Crippen molar-refractivity contribution in [3.8, 4) is 0 Å². The summed E-state index contributed by atoms with van der Waals surface area (Å²) < 4.78 is 12.8. The fraction of sp³-hybridized carbons (Fsp3) is 0.571. The Kier molecular flexibility index (Phi) is 6.06. The molecule has 0 aromatic heterocycles. The van der Waals surface area contributed by atoms with Crippen molar-refractivity contribution >= 4 is 12.4 Å². The van der Waals surface area contributed by atoms with Crippen LogP contribution in [-0.2, 0) is 0 Å². The Bertz CT molecular complexity index is 355. The van der Waals surface area contributed by atoms with Crippen LogP contribution in [0.25, 0.3) is 0 Å². The Morgan fingerprint density at radius 2 is 2.06 bits per heavy atom. The van der Waals surface area contributed by atoms with E-state index >= 15 is 0 Å². The van der Waals surface area contributed by atoms with Crippen LogP contribution in [0.15, 0.2) is 24.3 Å². The molecular weight excluding hydrogens is 251 g/mol. The number of likely N-dealkylation sites (tertiary alicyclic amines) is 1. The maximum absolute atomic E-state index is 12.8. The predicted molar refractivity (Wildman–Crippen MR) is 75.7 cm³/mol. The van der Waals surface area contributed by atoms with Gasteiger partial charge in [-0.15, -0.1) is 12.4 Å². The van der Waals surface area contributed by atoms with Gasteiger partial charge in [-0.1, -0.05) is 19.1 Å². The SMILES string of the molecule is CC(CN1CCCC(N)C1)c1ccc(F)cc1.Cl. The Morgan fingerprint density at radius 3 is 2.67 bits per heavy atom. The smallest absolute Gasteiger partial charge is 0.123 e. The number of hydrogen-bond acceptors (Lipinski definition) is 2. The van der Waals surface area contributed by atoms with Crippen molar-refractivity contribution in [2.24, 2.45) is 5.73 Å². The van der Waals surface area contributed by atoms with Gasteiger partial charge in [0.05, 0.1) is 0 Å². The van der Waals surface area contributed by atoms with Crippen molar-refractivity contribution in [1.29, 1.82) is 0 Å². The zero-order chi connectivity index (χ0) is 12.3. The minimum absolute atomic E-state index is 0. The number of piperidine rings is 1. The largest absolute Gasteiger partial charge is 0.327 e. The molecule has 2 N–H and O–H groups in total. The Labute approximate surface area is 115 Å². The van der Waals surface area contributed by atoms with Crippen LogP contribution in [0.5, 0.6) is 0 Å². The number of benzene rings is 1. The topological polar surface area (TPSA) is 29.3 Å². The van der Waals surface area contributed by atoms with Crippen LogP contribution in [-0.4, -0.2) is 30.6 Å². The molecule has 1 aliphatic rings. The first kappa shape index (κ1) is 15.4. The minimum atomic E-state index is -0.166. The van der Waals surface area contributed by atoms with Gasteiger partial charge in [-0.2, -0.15) is 0 Å². The molecule has 18 heavy (non-hydrogen) atoms. The van der Waals surface area contributed by atoms with Crippen LogP contribution in [0.1, 0.15) is 31.2 Å². The molecule has 1 fully saturated rings. The van der Waals surface area contributed by atoms with E-state index < -0.39 is 0 Å². The van der Waals surface area contributed by atoms with Crippen molar-refractivity contribution in [1.82, 2.24) is 4.90 Å². The molecular formula is C14H22ClFN2. The van der Waals surface area contributed by atoms with Crippen molar-refractivity contribution in [2.75, 3.05) is 19.6 Å². The van der Waals surface area contributed by atoms with Crippen LogP contribution >= 0.6 is 12.4 Å². The molecule has 0 bridgehead atoms. The zero-order valence-electron chi connectivity index (χ0n) is 10.8. The minimum Gasteiger partial charge on any atom is -0.327 e. The van der Waals surface area contributed by atoms with E-state index in [0.29, 0.717) is 12.0 Å². The van der Waals surface area contributed by atoms with Crippen molar-refractivity contribution in [3.63, 3.8) is 0 Å². The number of halogens is 2. The number of nitrogens with zero attached hydrogens (tertiary/aromatic N) is 1. The monoisotopic (exact) mass is 272 g/mol. The molecule has 0 spiro atoms. The molecule has 0 radical (unpaired) electrons. The first-order valence-electron chi connectivity index (χ1n) is 6.38. The van der Waals surface area contributed by atoms with E-state index in [9.17, 15) is 4.39 Å². The van der Waals surface area contributed by atoms with E-state index in [4.69, 9.17) is 5.73 Å². The van der Waals surface area contributed by atoms with Crippen LogP contribution < -0.4 is 5.73 Å². The third-order valence-electron chi connectivity index (χ3n) is 3.51. The molecule has 0 saturated carbocycles. The summed E-state index contributed by atoms with van der Waals surface area (Å²) in [4.78, 5) is 2.42. The molecule has 1 aliphatic heterocycles. The third-order valence-corrected chi connectivity index (χ3v) is 3.51. The highest BCUT2D eigenvalue weighted by atomic mass is 35.5. The standard InChI is InChI=1S/C14H21FN2.ClH/c1-11(12-4-6-13(15)7-5-12)9-17-8-2-3-14(16)10-17;/h4-7,11,14H,2-3,8-10,16H2,1H3;1H. The predicted octanol–water partition coefficient (Wildman–Crippen LogP) is 2.77. The number of hydrogen-bond donors (Lipinski definition) is 1. The fourth-order valence-corrected chi connectivity index (χ4v) is 2.54. The number of rotatable bonds is 3. The Morgan fingerprint density at radius 1 is 1.39 bits per heavy atom. The molecule has 1 aromatic carbocycles. The Balaban J connectivity index is 0.00000162. The summed E-state index contributed by atoms with van der Waals surface area (Å²) >= 11 is 0. The highest BCUT2D eigenvalue weighted by Crippen LogP contribution is 2.19. The summed E-state index contributed by atoms with van der Waals surface area (Å²) in [6.45, 7) is 5.33. The molecule has 1 heterocycles. The van der Waals surface area contributed by atoms with Crippen molar-refractivity contribution in [2.45, 2.75) is 31.7 Å². The van der Waals surface area contributed by atoms with E-state index in [0.717, 1.165) is 26.1 Å². The van der Waals surface area contributed by atoms with Gasteiger partial charge < -0.3 is 10.6 Å². The lowest BCUT2D eigenvalue weighted by atomic mass is 9.98. The highest BCUT2D eigenvalue weighted by molar-refractivity contribution is 5.85. The summed E-state index contributed by atoms with van der Waals surface area (Å²) in [5, 5.41) is 0. The molecule has 0 amide bonds. The molecule has 2 rings (SSSR count). The average molecular weight is 273 g/mol. The van der Waals surface area contributed by atoms with Crippen LogP contribution in [0.2, 0.25) is 0 Å². The van der Waals surface area contributed by atoms with Gasteiger partial charge in [-0.25, -0.2) is 4.39 Å². The average Bonchev–Trinajstić information content (AvgIpc) is 2.29. The van der Waals surface area contributed by atoms with Crippen molar-refractivity contribution in [3.05, 3.63) is 35.6 Å². The molecule has 4 heteroatoms. The van der Waals surface area contributed by atoms with Crippen LogP contribution in [0.3, 0.4) is 0 Å². The molecule has 1 aromatic rings. The van der Waals surface area contributed by atoms with E-state index in [-0.39, 0.29) is 18.2 Å². The van der Waals surface area contributed by atoms with Gasteiger partial charge in [-0.3, -0.25) is 0 Å². The lowest BCUT2D eigenvalue weighted by Crippen LogP contribution is -2.44. The van der Waals surface area contributed by atoms with Gasteiger partial charge in [0.25, 0.3) is 0 Å². The van der Waals surface area contributed by atoms with E-state index in [2.05, 4.69) is 11.8 Å². The summed E-state index contributed by atoms with van der Waals surface area (Å²) in [5.74, 6) is 0.266. The summed E-state index contributed by atoms with van der Waals surface area (Å²) in [7, 11) is 0. The highest BCUT2D eigenvalue weighted by Gasteiger charge is 2.18. The third kappa shape index (κ3) is 4.23. The first-order valence-corrected chi connectivity index (χ1v) is 6.38. The fourth-order valence-electron chi connectivity index (χ4n) is 2.54. The molecule has 2 nitrogen and oxygen atoms in total. The van der Waals surface area contributed by atoms with Crippen LogP contribution in [0.4, 0.5) is 4.39 Å². The molecule has 2 unspecified atom stereocenters. The quantitative estimate of drug-likeness (QED) is 0.917. The van der Waals surface area contributed by atoms with Gasteiger partial charge in [0.15, 0.2) is 0 Å². The van der Waals surface area contributed by atoms with Crippen LogP contribution in [0, 0.1) is 5.82 Å². The van der Waals surface area contributed by atoms with Gasteiger partial charge in [0.2, 0.25) is 0 Å². The van der Waals surface area contributed by atoms with Gasteiger partial charge in [-0.05, 0) is 43.0 Å². The van der Waals surface area contributed by atoms with E-state index in [1.807, 2.05) is 12.1 Å². The summed E-state index contributed by atoms with van der Waals surface area (Å²) in [5.41, 5.74) is 7.17. The van der Waals surface area contributed by atoms with Crippen molar-refractivity contribution < 1.29 is 4.39 Å². The summed E-state index contributed by atoms with van der Waals surface area (Å²) in [6.07, 6.45) is 2.33. The van der Waals surface area contributed by atoms with Gasteiger partial charge in [0.1, 0.15) is 5.82 Å². The maximum atomic E-state index is 12.8. The summed E-state index contributed by atoms with van der Waals surface area (Å²) in [6, 6.07) is 7.15. The number of nitrogens with two attached hydrogens (primary N) is 1. The second-order valence-electron chi connectivity index (χ2n) is 5.11. The van der Waals surface area contributed by atoms with Gasteiger partial charge >= 0.3 is 0 Å². The first-order chi connectivity index (χ1) is 8.15. The van der Waals surface area contributed by atoms with E-state index in [1.54, 1.807) is 0 Å². The normalized spacial score (nSPS) is 22.3. The Hall–Kier alpha value is -0.640. The second-order valence-corrected chi connectivity index (χ2v) is 5.11. The zero-order valence-corrected chi connectivity index (χ0v) is 11.6. The molecule has 2 atom stereocenters. The van der Waals surface area contributed by atoms with Gasteiger partial charge in [0, 0.05) is 19.1 Å². The van der Waals surface area contributed by atoms with E-state index in [1.165, 1.54) is 24.1 Å². The second kappa shape index (κ2) is 7.07. The molecule has 1 saturated heterocycles. The molecule has 102 valence electrons. The molecule has 0 aliphatic carbocycles.